The van der Waals surface area contributed by atoms with Gasteiger partial charge in [0, 0.05) is 22.3 Å². The summed E-state index contributed by atoms with van der Waals surface area (Å²) in [6.07, 6.45) is 0. The maximum absolute atomic E-state index is 5.29. The van der Waals surface area contributed by atoms with E-state index in [1.165, 1.54) is 15.6 Å². The highest BCUT2D eigenvalue weighted by atomic mass is 28.3. The smallest absolute Gasteiger partial charge is 0.228 e. The van der Waals surface area contributed by atoms with E-state index >= 15 is 0 Å². The van der Waals surface area contributed by atoms with Crippen LogP contribution in [0.25, 0.3) is 55.4 Å². The zero-order valence-electron chi connectivity index (χ0n) is 29.0. The number of rotatable bonds is 6. The van der Waals surface area contributed by atoms with E-state index in [1.807, 2.05) is 12.1 Å². The van der Waals surface area contributed by atoms with E-state index in [9.17, 15) is 0 Å². The first-order valence-electron chi connectivity index (χ1n) is 17.9. The highest BCUT2D eigenvalue weighted by molar-refractivity contribution is 7.16. The Morgan fingerprint density at radius 3 is 1.09 bits per heavy atom. The fraction of sp³-hybridized carbons (Fsp3) is 0. The van der Waals surface area contributed by atoms with Gasteiger partial charge in [-0.15, -0.1) is 5.54 Å². The molecule has 0 spiro atoms. The maximum atomic E-state index is 5.29. The molecule has 3 heteroatoms. The van der Waals surface area contributed by atoms with E-state index in [1.54, 1.807) is 0 Å². The van der Waals surface area contributed by atoms with Crippen LogP contribution in [0.15, 0.2) is 206 Å². The highest BCUT2D eigenvalue weighted by Gasteiger charge is 2.38. The Hall–Kier alpha value is -6.86. The molecule has 0 bridgehead atoms. The zero-order valence-corrected chi connectivity index (χ0v) is 30.0. The molecule has 0 atom stereocenters. The first-order valence-corrected chi connectivity index (χ1v) is 19.9. The summed E-state index contributed by atoms with van der Waals surface area (Å²) in [6.45, 7) is 0. The van der Waals surface area contributed by atoms with Crippen molar-refractivity contribution in [3.63, 3.8) is 0 Å². The Morgan fingerprint density at radius 1 is 0.358 bits per heavy atom. The Balaban J connectivity index is 1.35. The van der Waals surface area contributed by atoms with Gasteiger partial charge in [-0.25, -0.2) is 9.97 Å². The quantitative estimate of drug-likeness (QED) is 0.0752. The van der Waals surface area contributed by atoms with Crippen LogP contribution in [-0.4, -0.2) is 18.0 Å². The molecule has 2 nitrogen and oxygen atoms in total. The Morgan fingerprint density at radius 2 is 0.698 bits per heavy atom. The van der Waals surface area contributed by atoms with Crippen LogP contribution >= 0.6 is 0 Å². The molecule has 248 valence electrons. The van der Waals surface area contributed by atoms with Crippen molar-refractivity contribution >= 4 is 45.2 Å². The molecule has 8 aromatic carbocycles. The van der Waals surface area contributed by atoms with Gasteiger partial charge in [-0.1, -0.05) is 206 Å². The van der Waals surface area contributed by atoms with Crippen LogP contribution in [0.3, 0.4) is 0 Å². The van der Waals surface area contributed by atoms with Crippen LogP contribution in [0.2, 0.25) is 0 Å². The van der Waals surface area contributed by atoms with Gasteiger partial charge >= 0.3 is 0 Å². The maximum Gasteiger partial charge on any atom is 0.230 e. The lowest BCUT2D eigenvalue weighted by atomic mass is 9.91. The summed E-state index contributed by atoms with van der Waals surface area (Å²) in [5.74, 6) is 4.58. The third-order valence-electron chi connectivity index (χ3n) is 10.0. The fourth-order valence-corrected chi connectivity index (χ4v) is 11.3. The lowest BCUT2D eigenvalue weighted by Crippen LogP contribution is -2.66. The lowest BCUT2D eigenvalue weighted by Gasteiger charge is -2.28. The van der Waals surface area contributed by atoms with Crippen LogP contribution in [0.4, 0.5) is 0 Å². The molecule has 0 aliphatic carbocycles. The molecular formula is C50H34N2Si. The monoisotopic (exact) mass is 690 g/mol. The molecule has 0 unspecified atom stereocenters. The van der Waals surface area contributed by atoms with Crippen molar-refractivity contribution in [3.05, 3.63) is 212 Å². The standard InChI is InChI=1S/C50H34N2Si/c1-6-20-37(21-7-1)47-36-48(38-22-8-2-9-23-38)52-50(51-47)49-45-32-18-16-30-42(45)44(43-31-17-19-33-46(43)49)34-35-53(39-24-10-3-11-25-39,40-26-12-4-13-27-40)41-28-14-5-15-29-41/h1-33,36H. The summed E-state index contributed by atoms with van der Waals surface area (Å²) >= 11 is 0. The van der Waals surface area contributed by atoms with Crippen molar-refractivity contribution in [1.29, 1.82) is 0 Å². The first kappa shape index (κ1) is 32.1. The van der Waals surface area contributed by atoms with Gasteiger partial charge in [0.2, 0.25) is 8.07 Å². The van der Waals surface area contributed by atoms with Crippen molar-refractivity contribution in [2.75, 3.05) is 0 Å². The number of hydrogen-bond donors (Lipinski definition) is 0. The number of benzene rings is 8. The van der Waals surface area contributed by atoms with E-state index in [0.717, 1.165) is 55.2 Å². The molecular weight excluding hydrogens is 657 g/mol. The zero-order chi connectivity index (χ0) is 35.5. The molecule has 1 aromatic heterocycles. The van der Waals surface area contributed by atoms with Crippen LogP contribution in [0, 0.1) is 11.5 Å². The third-order valence-corrected chi connectivity index (χ3v) is 14.1. The number of nitrogens with zero attached hydrogens (tertiary/aromatic N) is 2. The summed E-state index contributed by atoms with van der Waals surface area (Å²) in [4.78, 5) is 10.6. The minimum absolute atomic E-state index is 0.693. The van der Waals surface area contributed by atoms with Crippen LogP contribution in [0.1, 0.15) is 5.56 Å². The van der Waals surface area contributed by atoms with Crippen molar-refractivity contribution in [2.24, 2.45) is 0 Å². The van der Waals surface area contributed by atoms with Gasteiger partial charge in [0.15, 0.2) is 5.82 Å². The number of fused-ring (bicyclic) bond motifs is 2. The molecule has 0 aliphatic rings. The minimum atomic E-state index is -2.83. The molecule has 53 heavy (non-hydrogen) atoms. The summed E-state index contributed by atoms with van der Waals surface area (Å²) in [5.41, 5.74) is 9.95. The highest BCUT2D eigenvalue weighted by Crippen LogP contribution is 2.39. The van der Waals surface area contributed by atoms with Gasteiger partial charge in [-0.2, -0.15) is 0 Å². The van der Waals surface area contributed by atoms with Gasteiger partial charge in [0.25, 0.3) is 0 Å². The summed E-state index contributed by atoms with van der Waals surface area (Å²) in [7, 11) is -2.83. The van der Waals surface area contributed by atoms with Crippen molar-refractivity contribution < 1.29 is 0 Å². The largest absolute Gasteiger partial charge is 0.230 e. The molecule has 0 N–H and O–H groups in total. The molecule has 0 amide bonds. The molecule has 1 heterocycles. The van der Waals surface area contributed by atoms with Crippen molar-refractivity contribution in [3.8, 4) is 45.4 Å². The van der Waals surface area contributed by atoms with E-state index in [2.05, 4.69) is 206 Å². The molecule has 0 fully saturated rings. The third kappa shape index (κ3) is 5.92. The molecule has 0 aliphatic heterocycles. The van der Waals surface area contributed by atoms with E-state index in [4.69, 9.17) is 9.97 Å². The average molecular weight is 691 g/mol. The topological polar surface area (TPSA) is 25.8 Å². The fourth-order valence-electron chi connectivity index (χ4n) is 7.51. The van der Waals surface area contributed by atoms with Gasteiger partial charge in [0.05, 0.1) is 11.4 Å². The van der Waals surface area contributed by atoms with Crippen molar-refractivity contribution in [1.82, 2.24) is 9.97 Å². The summed E-state index contributed by atoms with van der Waals surface area (Å²) in [6, 6.07) is 72.6. The molecule has 0 radical (unpaired) electrons. The molecule has 0 saturated carbocycles. The van der Waals surface area contributed by atoms with Crippen LogP contribution in [0.5, 0.6) is 0 Å². The average Bonchev–Trinajstić information content (AvgIpc) is 3.25. The first-order chi connectivity index (χ1) is 26.3. The minimum Gasteiger partial charge on any atom is -0.228 e. The SMILES string of the molecule is C(#C[Si](c1ccccc1)(c1ccccc1)c1ccccc1)c1c2ccccc2c(-c2nc(-c3ccccc3)cc(-c3ccccc3)n2)c2ccccc12. The van der Waals surface area contributed by atoms with Crippen LogP contribution < -0.4 is 15.6 Å². The lowest BCUT2D eigenvalue weighted by molar-refractivity contribution is 1.19. The summed E-state index contributed by atoms with van der Waals surface area (Å²) < 4.78 is 0. The molecule has 0 saturated heterocycles. The van der Waals surface area contributed by atoms with Gasteiger partial charge in [0.1, 0.15) is 0 Å². The molecule has 9 aromatic rings. The second-order valence-electron chi connectivity index (χ2n) is 13.1. The predicted molar refractivity (Wildman–Crippen MR) is 224 cm³/mol. The van der Waals surface area contributed by atoms with Gasteiger partial charge in [-0.05, 0) is 43.2 Å². The van der Waals surface area contributed by atoms with Gasteiger partial charge < -0.3 is 0 Å². The van der Waals surface area contributed by atoms with E-state index < -0.39 is 8.07 Å². The second-order valence-corrected chi connectivity index (χ2v) is 16.6. The second kappa shape index (κ2) is 14.0. The van der Waals surface area contributed by atoms with E-state index in [-0.39, 0.29) is 0 Å². The Bertz CT molecular complexity index is 2540. The number of hydrogen-bond acceptors (Lipinski definition) is 2. The Labute approximate surface area is 311 Å². The predicted octanol–water partition coefficient (Wildman–Crippen LogP) is 9.85. The van der Waals surface area contributed by atoms with E-state index in [0.29, 0.717) is 5.82 Å². The van der Waals surface area contributed by atoms with Crippen molar-refractivity contribution in [2.45, 2.75) is 0 Å². The Kier molecular flexibility index (Phi) is 8.50. The summed E-state index contributed by atoms with van der Waals surface area (Å²) in [5, 5.41) is 8.10. The van der Waals surface area contributed by atoms with Gasteiger partial charge in [-0.3, -0.25) is 0 Å². The number of aromatic nitrogens is 2. The van der Waals surface area contributed by atoms with Crippen LogP contribution in [-0.2, 0) is 0 Å². The molecule has 9 rings (SSSR count). The normalized spacial score (nSPS) is 11.2.